The Labute approximate surface area is 118 Å². The molecule has 1 aromatic carbocycles. The molecule has 0 saturated carbocycles. The van der Waals surface area contributed by atoms with Crippen LogP contribution < -0.4 is 10.6 Å². The highest BCUT2D eigenvalue weighted by molar-refractivity contribution is 5.81. The van der Waals surface area contributed by atoms with Crippen LogP contribution in [0.1, 0.15) is 12.0 Å². The minimum Gasteiger partial charge on any atom is -0.336 e. The smallest absolute Gasteiger partial charge is 0.315 e. The highest BCUT2D eigenvalue weighted by atomic mass is 16.2. The highest BCUT2D eigenvalue weighted by Gasteiger charge is 2.30. The minimum atomic E-state index is -0.260. The van der Waals surface area contributed by atoms with Gasteiger partial charge in [-0.1, -0.05) is 36.4 Å². The van der Waals surface area contributed by atoms with E-state index in [4.69, 9.17) is 0 Å². The molecule has 0 aromatic heterocycles. The van der Waals surface area contributed by atoms with Gasteiger partial charge < -0.3 is 15.5 Å². The van der Waals surface area contributed by atoms with Crippen LogP contribution in [0.25, 0.3) is 0 Å². The van der Waals surface area contributed by atoms with Gasteiger partial charge in [-0.2, -0.15) is 0 Å². The van der Waals surface area contributed by atoms with Gasteiger partial charge in [0.2, 0.25) is 5.91 Å². The summed E-state index contributed by atoms with van der Waals surface area (Å²) in [6, 6.07) is 9.45. The monoisotopic (exact) mass is 273 g/mol. The number of urea groups is 1. The number of rotatable bonds is 5. The molecule has 0 radical (unpaired) electrons. The molecule has 0 spiro atoms. The lowest BCUT2D eigenvalue weighted by atomic mass is 10.2. The van der Waals surface area contributed by atoms with E-state index in [-0.39, 0.29) is 18.0 Å². The molecule has 1 heterocycles. The normalized spacial score (nSPS) is 17.9. The fourth-order valence-electron chi connectivity index (χ4n) is 2.23. The van der Waals surface area contributed by atoms with Gasteiger partial charge in [0, 0.05) is 26.1 Å². The van der Waals surface area contributed by atoms with Gasteiger partial charge in [-0.15, -0.1) is 6.58 Å². The van der Waals surface area contributed by atoms with Crippen molar-refractivity contribution in [2.75, 3.05) is 13.1 Å². The molecule has 1 saturated heterocycles. The number of hydrogen-bond acceptors (Lipinski definition) is 2. The highest BCUT2D eigenvalue weighted by Crippen LogP contribution is 2.14. The lowest BCUT2D eigenvalue weighted by Crippen LogP contribution is -2.43. The Balaban J connectivity index is 1.84. The summed E-state index contributed by atoms with van der Waals surface area (Å²) in [6.45, 7) is 5.09. The van der Waals surface area contributed by atoms with Crippen LogP contribution in [-0.2, 0) is 11.3 Å². The van der Waals surface area contributed by atoms with Gasteiger partial charge in [-0.3, -0.25) is 4.79 Å². The molecule has 20 heavy (non-hydrogen) atoms. The van der Waals surface area contributed by atoms with Crippen molar-refractivity contribution in [3.8, 4) is 0 Å². The summed E-state index contributed by atoms with van der Waals surface area (Å²) in [6.07, 6.45) is 1.97. The summed E-state index contributed by atoms with van der Waals surface area (Å²) >= 11 is 0. The number of hydrogen-bond donors (Lipinski definition) is 2. The van der Waals surface area contributed by atoms with Crippen molar-refractivity contribution in [3.63, 3.8) is 0 Å². The number of nitrogens with one attached hydrogen (secondary N) is 2. The maximum absolute atomic E-state index is 11.9. The Morgan fingerprint density at radius 2 is 2.15 bits per heavy atom. The van der Waals surface area contributed by atoms with Crippen molar-refractivity contribution in [1.82, 2.24) is 15.5 Å². The summed E-state index contributed by atoms with van der Waals surface area (Å²) in [5, 5.41) is 5.44. The molecular weight excluding hydrogens is 254 g/mol. The molecule has 2 N–H and O–H groups in total. The Hall–Kier alpha value is -2.30. The van der Waals surface area contributed by atoms with Crippen LogP contribution in [0.4, 0.5) is 4.79 Å². The predicted octanol–water partition coefficient (Wildman–Crippen LogP) is 1.27. The summed E-state index contributed by atoms with van der Waals surface area (Å²) in [4.78, 5) is 25.2. The van der Waals surface area contributed by atoms with E-state index < -0.39 is 0 Å². The van der Waals surface area contributed by atoms with Gasteiger partial charge in [0.15, 0.2) is 0 Å². The summed E-state index contributed by atoms with van der Waals surface area (Å²) in [5.41, 5.74) is 1.10. The molecule has 0 bridgehead atoms. The van der Waals surface area contributed by atoms with Crippen LogP contribution in [0, 0.1) is 0 Å². The van der Waals surface area contributed by atoms with Crippen LogP contribution >= 0.6 is 0 Å². The first kappa shape index (κ1) is 14.1. The maximum atomic E-state index is 11.9. The fraction of sp³-hybridized carbons (Fsp3) is 0.333. The zero-order valence-electron chi connectivity index (χ0n) is 11.3. The van der Waals surface area contributed by atoms with Gasteiger partial charge in [-0.05, 0) is 5.56 Å². The SMILES string of the molecule is C=CCNC(=O)NC1CC(=O)N(Cc2ccccc2)C1. The summed E-state index contributed by atoms with van der Waals surface area (Å²) < 4.78 is 0. The zero-order chi connectivity index (χ0) is 14.4. The number of amides is 3. The van der Waals surface area contributed by atoms with E-state index in [2.05, 4.69) is 17.2 Å². The standard InChI is InChI=1S/C15H19N3O2/c1-2-8-16-15(20)17-13-9-14(19)18(11-13)10-12-6-4-3-5-7-12/h2-7,13H,1,8-11H2,(H2,16,17,20). The van der Waals surface area contributed by atoms with Crippen LogP contribution in [0.15, 0.2) is 43.0 Å². The number of carbonyl (C=O) groups excluding carboxylic acids is 2. The fourth-order valence-corrected chi connectivity index (χ4v) is 2.23. The van der Waals surface area contributed by atoms with Crippen molar-refractivity contribution < 1.29 is 9.59 Å². The largest absolute Gasteiger partial charge is 0.336 e. The molecule has 3 amide bonds. The number of likely N-dealkylation sites (tertiary alicyclic amines) is 1. The predicted molar refractivity (Wildman–Crippen MR) is 77.0 cm³/mol. The average Bonchev–Trinajstić information content (AvgIpc) is 2.77. The van der Waals surface area contributed by atoms with E-state index in [1.165, 1.54) is 0 Å². The molecule has 2 rings (SSSR count). The first-order valence-corrected chi connectivity index (χ1v) is 6.66. The molecule has 5 nitrogen and oxygen atoms in total. The molecule has 0 aliphatic carbocycles. The van der Waals surface area contributed by atoms with Gasteiger partial charge in [0.05, 0.1) is 6.04 Å². The van der Waals surface area contributed by atoms with E-state index in [9.17, 15) is 9.59 Å². The molecule has 1 atom stereocenters. The average molecular weight is 273 g/mol. The summed E-state index contributed by atoms with van der Waals surface area (Å²) in [5.74, 6) is 0.0721. The molecular formula is C15H19N3O2. The van der Waals surface area contributed by atoms with Crippen molar-refractivity contribution >= 4 is 11.9 Å². The number of benzene rings is 1. The third-order valence-corrected chi connectivity index (χ3v) is 3.17. The second-order valence-corrected chi connectivity index (χ2v) is 4.80. The molecule has 1 aliphatic rings. The minimum absolute atomic E-state index is 0.0721. The van der Waals surface area contributed by atoms with Gasteiger partial charge in [0.1, 0.15) is 0 Å². The van der Waals surface area contributed by atoms with Crippen molar-refractivity contribution in [1.29, 1.82) is 0 Å². The molecule has 1 aromatic rings. The third-order valence-electron chi connectivity index (χ3n) is 3.17. The van der Waals surface area contributed by atoms with E-state index in [0.29, 0.717) is 26.1 Å². The Bertz CT molecular complexity index is 487. The van der Waals surface area contributed by atoms with Crippen molar-refractivity contribution in [3.05, 3.63) is 48.6 Å². The molecule has 1 aliphatic heterocycles. The van der Waals surface area contributed by atoms with Crippen molar-refractivity contribution in [2.45, 2.75) is 19.0 Å². The topological polar surface area (TPSA) is 61.4 Å². The molecule has 106 valence electrons. The van der Waals surface area contributed by atoms with E-state index >= 15 is 0 Å². The van der Waals surface area contributed by atoms with Gasteiger partial charge in [-0.25, -0.2) is 4.79 Å². The lowest BCUT2D eigenvalue weighted by Gasteiger charge is -2.17. The van der Waals surface area contributed by atoms with Crippen LogP contribution in [0.3, 0.4) is 0 Å². The maximum Gasteiger partial charge on any atom is 0.315 e. The lowest BCUT2D eigenvalue weighted by molar-refractivity contribution is -0.128. The molecule has 5 heteroatoms. The molecule has 1 unspecified atom stereocenters. The number of carbonyl (C=O) groups is 2. The van der Waals surface area contributed by atoms with Crippen LogP contribution in [-0.4, -0.2) is 36.0 Å². The first-order chi connectivity index (χ1) is 9.69. The third kappa shape index (κ3) is 3.85. The zero-order valence-corrected chi connectivity index (χ0v) is 11.3. The van der Waals surface area contributed by atoms with E-state index in [1.807, 2.05) is 30.3 Å². The van der Waals surface area contributed by atoms with E-state index in [1.54, 1.807) is 11.0 Å². The molecule has 1 fully saturated rings. The van der Waals surface area contributed by atoms with Crippen LogP contribution in [0.2, 0.25) is 0 Å². The second-order valence-electron chi connectivity index (χ2n) is 4.80. The van der Waals surface area contributed by atoms with Gasteiger partial charge in [0.25, 0.3) is 0 Å². The Morgan fingerprint density at radius 1 is 1.40 bits per heavy atom. The van der Waals surface area contributed by atoms with Gasteiger partial charge >= 0.3 is 6.03 Å². The second kappa shape index (κ2) is 6.75. The Morgan fingerprint density at radius 3 is 2.85 bits per heavy atom. The van der Waals surface area contributed by atoms with Crippen LogP contribution in [0.5, 0.6) is 0 Å². The quantitative estimate of drug-likeness (QED) is 0.794. The summed E-state index contributed by atoms with van der Waals surface area (Å²) in [7, 11) is 0. The number of nitrogens with zero attached hydrogens (tertiary/aromatic N) is 1. The van der Waals surface area contributed by atoms with E-state index in [0.717, 1.165) is 5.56 Å². The Kier molecular flexibility index (Phi) is 4.76. The first-order valence-electron chi connectivity index (χ1n) is 6.66. The van der Waals surface area contributed by atoms with Crippen molar-refractivity contribution in [2.24, 2.45) is 0 Å².